The Hall–Kier alpha value is -7.39. The topological polar surface area (TPSA) is 182 Å². The summed E-state index contributed by atoms with van der Waals surface area (Å²) < 4.78 is 47.4. The molecule has 4 amide bonds. The van der Waals surface area contributed by atoms with Gasteiger partial charge in [-0.1, -0.05) is 107 Å². The number of nitrogens with zero attached hydrogens (tertiary/aromatic N) is 6. The summed E-state index contributed by atoms with van der Waals surface area (Å²) in [6, 6.07) is 17.0. The normalized spacial score (nSPS) is 13.5. The van der Waals surface area contributed by atoms with Crippen molar-refractivity contribution in [3.63, 3.8) is 0 Å². The maximum absolute atomic E-state index is 13.8. The fraction of sp³-hybridized carbons (Fsp3) is 0.438. The number of aryl methyl sites for hydroxylation is 1. The molecule has 4 aromatic carbocycles. The molecule has 5 heterocycles. The Bertz CT molecular complexity index is 3540. The van der Waals surface area contributed by atoms with Crippen LogP contribution in [0.5, 0.6) is 11.5 Å². The number of pyridine rings is 2. The fourth-order valence-electron chi connectivity index (χ4n) is 13.2. The molecule has 0 fully saturated rings. The second-order valence-electron chi connectivity index (χ2n) is 24.4. The Morgan fingerprint density at radius 2 is 0.988 bits per heavy atom. The number of benzene rings is 4. The monoisotopic (exact) mass is 1170 g/mol. The molecule has 440 valence electrons. The molecule has 15 nitrogen and oxygen atoms in total. The number of hydrogen-bond donors (Lipinski definition) is 2. The van der Waals surface area contributed by atoms with Crippen LogP contribution >= 0.6 is 0 Å². The van der Waals surface area contributed by atoms with Crippen molar-refractivity contribution in [3.8, 4) is 11.5 Å². The predicted octanol–water partition coefficient (Wildman–Crippen LogP) is 13.2. The molecular formula is C64H80F2N8O7Si2. The summed E-state index contributed by atoms with van der Waals surface area (Å²) in [6.45, 7) is 30.5. The number of carbonyl (C=O) groups is 4. The molecule has 19 heteroatoms. The summed E-state index contributed by atoms with van der Waals surface area (Å²) in [5.74, 6) is 0.484. The highest BCUT2D eigenvalue weighted by Crippen LogP contribution is 2.50. The first-order chi connectivity index (χ1) is 39.2. The van der Waals surface area contributed by atoms with Crippen molar-refractivity contribution in [2.75, 3.05) is 14.1 Å². The van der Waals surface area contributed by atoms with Crippen LogP contribution in [0, 0.1) is 18.6 Å². The van der Waals surface area contributed by atoms with Gasteiger partial charge in [0.15, 0.2) is 0 Å². The van der Waals surface area contributed by atoms with Gasteiger partial charge < -0.3 is 23.1 Å². The van der Waals surface area contributed by atoms with Gasteiger partial charge in [-0.15, -0.1) is 10.2 Å². The Morgan fingerprint density at radius 1 is 0.590 bits per heavy atom. The van der Waals surface area contributed by atoms with E-state index in [-0.39, 0.29) is 46.5 Å². The minimum atomic E-state index is -2.51. The molecule has 9 rings (SSSR count). The minimum absolute atomic E-state index is 0.0591. The van der Waals surface area contributed by atoms with Gasteiger partial charge in [-0.3, -0.25) is 40.0 Å². The molecule has 0 saturated carbocycles. The van der Waals surface area contributed by atoms with E-state index in [4.69, 9.17) is 23.2 Å². The van der Waals surface area contributed by atoms with Crippen LogP contribution in [0.15, 0.2) is 77.5 Å². The number of fused-ring (bicyclic) bond motifs is 4. The summed E-state index contributed by atoms with van der Waals surface area (Å²) >= 11 is 0. The molecule has 3 aromatic heterocycles. The molecule has 2 aliphatic heterocycles. The standard InChI is InChI=1S/C32H41FN4O4Si.C32H39FN4O3Si/c1-18(2)42(19(3)4,20(5)6)41-31-29-27(17-37(8)32(29)40)25(15-28(39)36-35-21(7)38)26-14-23(16-34-30(26)31)13-22-9-11-24(33)12-10-22;1-18(2)41(19(3)4,20(5)6)40-31-29-27(17-37(8)32(29)38)25(15-28-36-35-21(7)39-28)26-14-23(16-34-30(26)31)13-22-9-11-24(33)12-10-22/h9-12,14,16,18-20H,13,15,17H2,1-8H3,(H,35,38)(H,36,39);9-12,14,16,18-20H,13,15,17H2,1-8H3. The third-order valence-corrected chi connectivity index (χ3v) is 28.8. The van der Waals surface area contributed by atoms with Crippen LogP contribution in [-0.4, -0.2) is 84.3 Å². The molecule has 0 atom stereocenters. The van der Waals surface area contributed by atoms with E-state index in [2.05, 4.69) is 110 Å². The Kier molecular flexibility index (Phi) is 18.5. The lowest BCUT2D eigenvalue weighted by Crippen LogP contribution is -2.51. The Morgan fingerprint density at radius 3 is 1.36 bits per heavy atom. The minimum Gasteiger partial charge on any atom is -0.541 e. The van der Waals surface area contributed by atoms with Gasteiger partial charge in [0.05, 0.1) is 24.0 Å². The zero-order valence-corrected chi connectivity index (χ0v) is 52.9. The summed E-state index contributed by atoms with van der Waals surface area (Å²) in [7, 11) is -1.38. The zero-order chi connectivity index (χ0) is 60.6. The quantitative estimate of drug-likeness (QED) is 0.0616. The number of hydrazine groups is 1. The molecule has 0 aliphatic carbocycles. The highest BCUT2D eigenvalue weighted by molar-refractivity contribution is 6.79. The summed E-state index contributed by atoms with van der Waals surface area (Å²) in [5, 5.41) is 9.94. The maximum Gasteiger partial charge on any atom is 0.258 e. The summed E-state index contributed by atoms with van der Waals surface area (Å²) in [5.41, 5.74) is 15.9. The van der Waals surface area contributed by atoms with Crippen LogP contribution in [-0.2, 0) is 48.4 Å². The number of rotatable bonds is 18. The van der Waals surface area contributed by atoms with E-state index >= 15 is 0 Å². The van der Waals surface area contributed by atoms with Crippen LogP contribution in [0.25, 0.3) is 21.8 Å². The number of carbonyl (C=O) groups excluding carboxylic acids is 4. The van der Waals surface area contributed by atoms with Crippen LogP contribution in [0.3, 0.4) is 0 Å². The van der Waals surface area contributed by atoms with E-state index < -0.39 is 28.4 Å². The molecule has 0 spiro atoms. The van der Waals surface area contributed by atoms with Crippen molar-refractivity contribution in [1.82, 2.24) is 40.8 Å². The molecule has 2 aliphatic rings. The third-order valence-electron chi connectivity index (χ3n) is 16.9. The highest BCUT2D eigenvalue weighted by Gasteiger charge is 2.50. The van der Waals surface area contributed by atoms with Gasteiger partial charge in [0.2, 0.25) is 23.6 Å². The lowest BCUT2D eigenvalue weighted by molar-refractivity contribution is -0.127. The largest absolute Gasteiger partial charge is 0.541 e. The number of halogens is 2. The molecule has 0 bridgehead atoms. The summed E-state index contributed by atoms with van der Waals surface area (Å²) in [4.78, 5) is 65.1. The van der Waals surface area contributed by atoms with E-state index in [1.165, 1.54) is 31.2 Å². The second-order valence-corrected chi connectivity index (χ2v) is 35.1. The smallest absolute Gasteiger partial charge is 0.258 e. The van der Waals surface area contributed by atoms with Crippen molar-refractivity contribution in [3.05, 3.63) is 152 Å². The van der Waals surface area contributed by atoms with Crippen molar-refractivity contribution in [2.24, 2.45) is 0 Å². The first kappa shape index (κ1) is 61.7. The van der Waals surface area contributed by atoms with Crippen molar-refractivity contribution < 1.29 is 41.2 Å². The van der Waals surface area contributed by atoms with Gasteiger partial charge >= 0.3 is 0 Å². The molecule has 0 unspecified atom stereocenters. The maximum atomic E-state index is 13.8. The van der Waals surface area contributed by atoms with Crippen LogP contribution in [0.1, 0.15) is 167 Å². The average Bonchev–Trinajstić information content (AvgIpc) is 2.11. The zero-order valence-electron chi connectivity index (χ0n) is 50.9. The van der Waals surface area contributed by atoms with E-state index in [0.717, 1.165) is 49.7 Å². The van der Waals surface area contributed by atoms with Gasteiger partial charge in [0.1, 0.15) is 34.2 Å². The first-order valence-electron chi connectivity index (χ1n) is 28.8. The molecule has 0 radical (unpaired) electrons. The van der Waals surface area contributed by atoms with Crippen molar-refractivity contribution in [2.45, 2.75) is 169 Å². The van der Waals surface area contributed by atoms with Crippen LogP contribution in [0.2, 0.25) is 33.2 Å². The predicted molar refractivity (Wildman–Crippen MR) is 324 cm³/mol. The Labute approximate surface area is 488 Å². The average molecular weight is 1170 g/mol. The van der Waals surface area contributed by atoms with Crippen LogP contribution < -0.4 is 19.7 Å². The van der Waals surface area contributed by atoms with Gasteiger partial charge in [-0.05, 0) is 127 Å². The van der Waals surface area contributed by atoms with Gasteiger partial charge in [-0.25, -0.2) is 8.78 Å². The molecule has 0 saturated heterocycles. The molecule has 7 aromatic rings. The van der Waals surface area contributed by atoms with E-state index in [1.807, 2.05) is 19.3 Å². The van der Waals surface area contributed by atoms with Gasteiger partial charge in [-0.2, -0.15) is 0 Å². The van der Waals surface area contributed by atoms with Gasteiger partial charge in [0, 0.05) is 64.2 Å². The number of aromatic nitrogens is 4. The van der Waals surface area contributed by atoms with E-state index in [9.17, 15) is 28.0 Å². The highest BCUT2D eigenvalue weighted by atomic mass is 28.4. The molecular weight excluding hydrogens is 1090 g/mol. The number of hydrogen-bond acceptors (Lipinski definition) is 11. The molecule has 83 heavy (non-hydrogen) atoms. The number of nitrogens with one attached hydrogen (secondary N) is 2. The lowest BCUT2D eigenvalue weighted by atomic mass is 9.93. The van der Waals surface area contributed by atoms with E-state index in [1.54, 1.807) is 54.2 Å². The van der Waals surface area contributed by atoms with E-state index in [0.29, 0.717) is 100.0 Å². The Balaban J connectivity index is 0.000000217. The first-order valence-corrected chi connectivity index (χ1v) is 33.1. The second kappa shape index (κ2) is 24.8. The third kappa shape index (κ3) is 12.3. The van der Waals surface area contributed by atoms with Crippen molar-refractivity contribution >= 4 is 62.1 Å². The SMILES string of the molecule is CC(=O)NNC(=O)Cc1c2c(c(O[Si](C(C)C)(C(C)C)C(C)C)c3ncc(Cc4ccc(F)cc4)cc13)C(=O)N(C)C2.Cc1nnc(Cc2c3c(c(O[Si](C(C)C)(C(C)C)C(C)C)c4ncc(Cc5ccc(F)cc5)cc24)C(=O)N(C)C3)o1. The van der Waals surface area contributed by atoms with Crippen LogP contribution in [0.4, 0.5) is 8.78 Å². The lowest BCUT2D eigenvalue weighted by Gasteiger charge is -2.42. The van der Waals surface area contributed by atoms with Gasteiger partial charge in [0.25, 0.3) is 28.4 Å². The number of amides is 4. The fourth-order valence-corrected chi connectivity index (χ4v) is 23.8. The molecule has 2 N–H and O–H groups in total. The van der Waals surface area contributed by atoms with Crippen molar-refractivity contribution in [1.29, 1.82) is 0 Å². The summed E-state index contributed by atoms with van der Waals surface area (Å²) in [6.07, 6.45) is 5.02.